The molecule has 0 radical (unpaired) electrons. The third kappa shape index (κ3) is 5.12. The number of rotatable bonds is 3. The van der Waals surface area contributed by atoms with Gasteiger partial charge in [0, 0.05) is 16.1 Å². The normalized spacial score (nSPS) is 10.1. The summed E-state index contributed by atoms with van der Waals surface area (Å²) in [4.78, 5) is 25.4. The fraction of sp³-hybridized carbons (Fsp3) is 0.0435. The predicted octanol–water partition coefficient (Wildman–Crippen LogP) is 5.78. The quantitative estimate of drug-likeness (QED) is 0.413. The fourth-order valence-corrected chi connectivity index (χ4v) is 2.96. The van der Waals surface area contributed by atoms with Crippen LogP contribution in [0.5, 0.6) is 11.5 Å². The van der Waals surface area contributed by atoms with Gasteiger partial charge in [0.1, 0.15) is 17.1 Å². The average molecular weight is 452 g/mol. The van der Waals surface area contributed by atoms with Crippen molar-refractivity contribution in [2.75, 3.05) is 0 Å². The highest BCUT2D eigenvalue weighted by molar-refractivity contribution is 9.10. The van der Waals surface area contributed by atoms with Crippen molar-refractivity contribution >= 4 is 32.8 Å². The van der Waals surface area contributed by atoms with Gasteiger partial charge in [-0.15, -0.1) is 0 Å². The first-order valence-electron chi connectivity index (χ1n) is 8.78. The minimum absolute atomic E-state index is 0.241. The Bertz CT molecular complexity index is 1150. The summed E-state index contributed by atoms with van der Waals surface area (Å²) in [5.41, 5.74) is 0.805. The van der Waals surface area contributed by atoms with Crippen LogP contribution in [0.1, 0.15) is 15.9 Å². The maximum absolute atomic E-state index is 11.8. The van der Waals surface area contributed by atoms with Gasteiger partial charge < -0.3 is 14.8 Å². The summed E-state index contributed by atoms with van der Waals surface area (Å²) in [7, 11) is 0. The number of pyridine rings is 1. The molecule has 0 aliphatic heterocycles. The van der Waals surface area contributed by atoms with Crippen molar-refractivity contribution in [3.8, 4) is 11.5 Å². The summed E-state index contributed by atoms with van der Waals surface area (Å²) in [6.07, 6.45) is 1.22. The summed E-state index contributed by atoms with van der Waals surface area (Å²) in [5.74, 6) is 0.520. The SMILES string of the molecule is Cc1cc2c(=O)c(C(=O)O)c[nH]c2cc1Br.c1ccc(Oc2ccccc2)cc1. The molecule has 3 aromatic carbocycles. The minimum atomic E-state index is -1.22. The predicted molar refractivity (Wildman–Crippen MR) is 117 cm³/mol. The number of carboxylic acids is 1. The summed E-state index contributed by atoms with van der Waals surface area (Å²) < 4.78 is 6.45. The van der Waals surface area contributed by atoms with E-state index >= 15 is 0 Å². The maximum Gasteiger partial charge on any atom is 0.341 e. The lowest BCUT2D eigenvalue weighted by atomic mass is 10.1. The van der Waals surface area contributed by atoms with Crippen molar-refractivity contribution in [2.45, 2.75) is 6.92 Å². The van der Waals surface area contributed by atoms with Crippen molar-refractivity contribution in [1.29, 1.82) is 0 Å². The molecule has 146 valence electrons. The number of benzene rings is 3. The van der Waals surface area contributed by atoms with Crippen LogP contribution in [0.15, 0.2) is 88.3 Å². The maximum atomic E-state index is 11.8. The standard InChI is InChI=1S/C12H10O.C11H8BrNO3/c1-3-7-11(8-4-1)13-12-9-5-2-6-10-12;1-5-2-6-9(3-8(5)12)13-4-7(10(6)14)11(15)16/h1-10H;2-4H,1H3,(H,13,14)(H,15,16). The number of carboxylic acid groups (broad SMARTS) is 1. The molecule has 5 nitrogen and oxygen atoms in total. The van der Waals surface area contributed by atoms with Crippen LogP contribution in [0.2, 0.25) is 0 Å². The molecule has 0 atom stereocenters. The Labute approximate surface area is 175 Å². The molecule has 29 heavy (non-hydrogen) atoms. The van der Waals surface area contributed by atoms with Gasteiger partial charge in [-0.05, 0) is 48.9 Å². The van der Waals surface area contributed by atoms with E-state index in [0.717, 1.165) is 21.5 Å². The molecule has 0 spiro atoms. The summed E-state index contributed by atoms with van der Waals surface area (Å²) in [6.45, 7) is 1.84. The van der Waals surface area contributed by atoms with E-state index in [1.807, 2.05) is 67.6 Å². The van der Waals surface area contributed by atoms with Crippen molar-refractivity contribution in [3.63, 3.8) is 0 Å². The number of H-pyrrole nitrogens is 1. The van der Waals surface area contributed by atoms with Gasteiger partial charge in [-0.3, -0.25) is 4.79 Å². The molecule has 0 saturated carbocycles. The molecule has 0 fully saturated rings. The lowest BCUT2D eigenvalue weighted by Gasteiger charge is -2.03. The van der Waals surface area contributed by atoms with Crippen molar-refractivity contribution in [1.82, 2.24) is 4.98 Å². The van der Waals surface area contributed by atoms with Crippen LogP contribution in [0.3, 0.4) is 0 Å². The van der Waals surface area contributed by atoms with E-state index < -0.39 is 11.4 Å². The molecule has 1 aromatic heterocycles. The fourth-order valence-electron chi connectivity index (χ4n) is 2.62. The van der Waals surface area contributed by atoms with E-state index in [9.17, 15) is 9.59 Å². The Balaban J connectivity index is 0.000000169. The van der Waals surface area contributed by atoms with E-state index in [1.54, 1.807) is 12.1 Å². The van der Waals surface area contributed by atoms with Crippen molar-refractivity contribution < 1.29 is 14.6 Å². The number of aromatic nitrogens is 1. The Morgan fingerprint density at radius 1 is 0.966 bits per heavy atom. The second-order valence-electron chi connectivity index (χ2n) is 6.21. The Morgan fingerprint density at radius 2 is 1.52 bits per heavy atom. The lowest BCUT2D eigenvalue weighted by Crippen LogP contribution is -2.15. The van der Waals surface area contributed by atoms with Crippen LogP contribution in [-0.4, -0.2) is 16.1 Å². The van der Waals surface area contributed by atoms with Crippen LogP contribution in [-0.2, 0) is 0 Å². The number of aromatic carboxylic acids is 1. The molecule has 6 heteroatoms. The smallest absolute Gasteiger partial charge is 0.341 e. The van der Waals surface area contributed by atoms with Crippen LogP contribution >= 0.6 is 15.9 Å². The van der Waals surface area contributed by atoms with Gasteiger partial charge in [-0.1, -0.05) is 52.3 Å². The monoisotopic (exact) mass is 451 g/mol. The van der Waals surface area contributed by atoms with Crippen molar-refractivity contribution in [3.05, 3.63) is 105 Å². The first-order chi connectivity index (χ1) is 14.0. The molecule has 1 heterocycles. The number of nitrogens with one attached hydrogen (secondary N) is 1. The molecule has 0 aliphatic carbocycles. The van der Waals surface area contributed by atoms with E-state index in [-0.39, 0.29) is 5.56 Å². The number of para-hydroxylation sites is 2. The first kappa shape index (κ1) is 20.4. The molecule has 0 aliphatic rings. The summed E-state index contributed by atoms with van der Waals surface area (Å²) in [5, 5.41) is 9.21. The van der Waals surface area contributed by atoms with Crippen LogP contribution < -0.4 is 10.2 Å². The van der Waals surface area contributed by atoms with Gasteiger partial charge in [-0.25, -0.2) is 4.79 Å². The second-order valence-corrected chi connectivity index (χ2v) is 7.07. The highest BCUT2D eigenvalue weighted by Gasteiger charge is 2.12. The van der Waals surface area contributed by atoms with Gasteiger partial charge >= 0.3 is 5.97 Å². The molecule has 0 bridgehead atoms. The van der Waals surface area contributed by atoms with E-state index in [1.165, 1.54) is 6.20 Å². The molecule has 0 unspecified atom stereocenters. The Morgan fingerprint density at radius 3 is 2.03 bits per heavy atom. The zero-order chi connectivity index (χ0) is 20.8. The zero-order valence-electron chi connectivity index (χ0n) is 15.6. The Kier molecular flexibility index (Phi) is 6.46. The largest absolute Gasteiger partial charge is 0.477 e. The first-order valence-corrected chi connectivity index (χ1v) is 9.58. The lowest BCUT2D eigenvalue weighted by molar-refractivity contribution is 0.0695. The molecule has 0 saturated heterocycles. The van der Waals surface area contributed by atoms with E-state index in [4.69, 9.17) is 9.84 Å². The second kappa shape index (κ2) is 9.21. The highest BCUT2D eigenvalue weighted by Crippen LogP contribution is 2.21. The number of ether oxygens (including phenoxy) is 1. The number of hydrogen-bond acceptors (Lipinski definition) is 3. The topological polar surface area (TPSA) is 79.4 Å². The number of fused-ring (bicyclic) bond motifs is 1. The molecular weight excluding hydrogens is 434 g/mol. The van der Waals surface area contributed by atoms with Gasteiger partial charge in [-0.2, -0.15) is 0 Å². The third-order valence-corrected chi connectivity index (χ3v) is 4.97. The number of carbonyl (C=O) groups is 1. The van der Waals surface area contributed by atoms with Gasteiger partial charge in [0.2, 0.25) is 5.43 Å². The third-order valence-electron chi connectivity index (χ3n) is 4.11. The van der Waals surface area contributed by atoms with Crippen LogP contribution in [0.25, 0.3) is 10.9 Å². The van der Waals surface area contributed by atoms with E-state index in [0.29, 0.717) is 10.9 Å². The number of halogens is 1. The summed E-state index contributed by atoms with van der Waals surface area (Å²) in [6, 6.07) is 22.9. The molecule has 4 aromatic rings. The zero-order valence-corrected chi connectivity index (χ0v) is 17.1. The number of aromatic amines is 1. The number of aryl methyl sites for hydroxylation is 1. The molecular formula is C23H18BrNO4. The van der Waals surface area contributed by atoms with Crippen molar-refractivity contribution in [2.24, 2.45) is 0 Å². The van der Waals surface area contributed by atoms with Gasteiger partial charge in [0.05, 0.1) is 5.52 Å². The minimum Gasteiger partial charge on any atom is -0.477 e. The molecule has 2 N–H and O–H groups in total. The summed E-state index contributed by atoms with van der Waals surface area (Å²) >= 11 is 3.35. The number of hydrogen-bond donors (Lipinski definition) is 2. The molecule has 0 amide bonds. The molecule has 4 rings (SSSR count). The van der Waals surface area contributed by atoms with Gasteiger partial charge in [0.25, 0.3) is 0 Å². The van der Waals surface area contributed by atoms with E-state index in [2.05, 4.69) is 20.9 Å². The van der Waals surface area contributed by atoms with Crippen LogP contribution in [0, 0.1) is 6.92 Å². The Hall–Kier alpha value is -3.38. The average Bonchev–Trinajstić information content (AvgIpc) is 2.72. The van der Waals surface area contributed by atoms with Gasteiger partial charge in [0.15, 0.2) is 0 Å². The highest BCUT2D eigenvalue weighted by atomic mass is 79.9. The van der Waals surface area contributed by atoms with Crippen LogP contribution in [0.4, 0.5) is 0 Å².